The lowest BCUT2D eigenvalue weighted by Gasteiger charge is -2.33. The van der Waals surface area contributed by atoms with E-state index >= 15 is 0 Å². The lowest BCUT2D eigenvalue weighted by Crippen LogP contribution is -2.43. The molecule has 2 heterocycles. The quantitative estimate of drug-likeness (QED) is 0.754. The summed E-state index contributed by atoms with van der Waals surface area (Å²) in [5, 5.41) is 3.44. The maximum absolute atomic E-state index is 5.16. The molecule has 4 nitrogen and oxygen atoms in total. The van der Waals surface area contributed by atoms with E-state index in [1.165, 1.54) is 52.0 Å². The molecule has 0 aliphatic carbocycles. The number of likely N-dealkylation sites (tertiary alicyclic amines) is 1. The molecular formula is C14H29N3O. The second-order valence-corrected chi connectivity index (χ2v) is 5.87. The summed E-state index contributed by atoms with van der Waals surface area (Å²) >= 11 is 0. The van der Waals surface area contributed by atoms with Crippen molar-refractivity contribution >= 4 is 0 Å². The monoisotopic (exact) mass is 255 g/mol. The number of ether oxygens (including phenoxy) is 1. The Morgan fingerprint density at radius 2 is 2.06 bits per heavy atom. The van der Waals surface area contributed by atoms with E-state index in [-0.39, 0.29) is 0 Å². The lowest BCUT2D eigenvalue weighted by atomic mass is 10.0. The highest BCUT2D eigenvalue weighted by atomic mass is 16.5. The van der Waals surface area contributed by atoms with Gasteiger partial charge in [-0.15, -0.1) is 0 Å². The minimum absolute atomic E-state index is 0.805. The Bertz CT molecular complexity index is 231. The van der Waals surface area contributed by atoms with Crippen LogP contribution in [0.25, 0.3) is 0 Å². The van der Waals surface area contributed by atoms with Gasteiger partial charge in [-0.05, 0) is 51.9 Å². The highest BCUT2D eigenvalue weighted by molar-refractivity contribution is 4.81. The third kappa shape index (κ3) is 4.19. The molecule has 2 aliphatic heterocycles. The number of hydrogen-bond donors (Lipinski definition) is 1. The first kappa shape index (κ1) is 14.3. The second kappa shape index (κ2) is 7.43. The molecule has 2 saturated heterocycles. The van der Waals surface area contributed by atoms with Crippen LogP contribution in [0.4, 0.5) is 0 Å². The molecule has 0 radical (unpaired) electrons. The Balaban J connectivity index is 1.66. The zero-order valence-electron chi connectivity index (χ0n) is 12.0. The zero-order valence-corrected chi connectivity index (χ0v) is 12.0. The highest BCUT2D eigenvalue weighted by Gasteiger charge is 2.26. The molecule has 0 aromatic heterocycles. The van der Waals surface area contributed by atoms with Crippen LogP contribution < -0.4 is 5.32 Å². The summed E-state index contributed by atoms with van der Waals surface area (Å²) in [6.07, 6.45) is 3.99. The largest absolute Gasteiger partial charge is 0.383 e. The SMILES string of the molecule is COCCN1CCC(CN(C)C2CCNCC2)C1. The van der Waals surface area contributed by atoms with Crippen LogP contribution in [-0.4, -0.2) is 75.9 Å². The van der Waals surface area contributed by atoms with Crippen LogP contribution in [0.15, 0.2) is 0 Å². The molecule has 18 heavy (non-hydrogen) atoms. The van der Waals surface area contributed by atoms with E-state index in [0.717, 1.165) is 25.1 Å². The van der Waals surface area contributed by atoms with Crippen molar-refractivity contribution in [3.8, 4) is 0 Å². The van der Waals surface area contributed by atoms with Crippen molar-refractivity contribution in [1.29, 1.82) is 0 Å². The predicted octanol–water partition coefficient (Wildman–Crippen LogP) is 0.639. The van der Waals surface area contributed by atoms with Crippen molar-refractivity contribution in [2.75, 3.05) is 60.0 Å². The summed E-state index contributed by atoms with van der Waals surface area (Å²) < 4.78 is 5.16. The van der Waals surface area contributed by atoms with Crippen LogP contribution in [0, 0.1) is 5.92 Å². The Morgan fingerprint density at radius 3 is 2.78 bits per heavy atom. The van der Waals surface area contributed by atoms with E-state index in [9.17, 15) is 0 Å². The van der Waals surface area contributed by atoms with E-state index in [1.54, 1.807) is 7.11 Å². The second-order valence-electron chi connectivity index (χ2n) is 5.87. The fourth-order valence-electron chi connectivity index (χ4n) is 3.29. The molecule has 0 spiro atoms. The van der Waals surface area contributed by atoms with Crippen LogP contribution >= 0.6 is 0 Å². The molecule has 0 bridgehead atoms. The Labute approximate surface area is 112 Å². The summed E-state index contributed by atoms with van der Waals surface area (Å²) in [5.74, 6) is 0.863. The molecule has 0 saturated carbocycles. The smallest absolute Gasteiger partial charge is 0.0589 e. The highest BCUT2D eigenvalue weighted by Crippen LogP contribution is 2.19. The van der Waals surface area contributed by atoms with Crippen LogP contribution in [-0.2, 0) is 4.74 Å². The van der Waals surface area contributed by atoms with Gasteiger partial charge in [0, 0.05) is 32.8 Å². The molecule has 1 unspecified atom stereocenters. The number of rotatable bonds is 6. The zero-order chi connectivity index (χ0) is 12.8. The molecule has 4 heteroatoms. The van der Waals surface area contributed by atoms with Gasteiger partial charge in [-0.25, -0.2) is 0 Å². The summed E-state index contributed by atoms with van der Waals surface area (Å²) in [5.41, 5.74) is 0. The van der Waals surface area contributed by atoms with E-state index in [2.05, 4.69) is 22.2 Å². The van der Waals surface area contributed by atoms with Gasteiger partial charge in [-0.3, -0.25) is 0 Å². The van der Waals surface area contributed by atoms with E-state index in [1.807, 2.05) is 0 Å². The van der Waals surface area contributed by atoms with Crippen LogP contribution in [0.2, 0.25) is 0 Å². The van der Waals surface area contributed by atoms with E-state index < -0.39 is 0 Å². The average Bonchev–Trinajstić information content (AvgIpc) is 2.85. The Morgan fingerprint density at radius 1 is 1.28 bits per heavy atom. The van der Waals surface area contributed by atoms with Crippen molar-refractivity contribution in [1.82, 2.24) is 15.1 Å². The van der Waals surface area contributed by atoms with E-state index in [0.29, 0.717) is 0 Å². The first-order valence-corrected chi connectivity index (χ1v) is 7.42. The van der Waals surface area contributed by atoms with Gasteiger partial charge < -0.3 is 19.9 Å². The molecule has 0 aromatic carbocycles. The van der Waals surface area contributed by atoms with Crippen molar-refractivity contribution in [2.45, 2.75) is 25.3 Å². The number of piperidine rings is 1. The van der Waals surface area contributed by atoms with Gasteiger partial charge in [0.1, 0.15) is 0 Å². The van der Waals surface area contributed by atoms with Gasteiger partial charge in [0.15, 0.2) is 0 Å². The third-order valence-corrected chi connectivity index (χ3v) is 4.46. The Hall–Kier alpha value is -0.160. The molecule has 106 valence electrons. The van der Waals surface area contributed by atoms with Crippen LogP contribution in [0.1, 0.15) is 19.3 Å². The first-order valence-electron chi connectivity index (χ1n) is 7.42. The molecule has 0 aromatic rings. The van der Waals surface area contributed by atoms with Crippen LogP contribution in [0.5, 0.6) is 0 Å². The summed E-state index contributed by atoms with van der Waals surface area (Å²) in [6, 6.07) is 0.805. The predicted molar refractivity (Wildman–Crippen MR) is 74.9 cm³/mol. The average molecular weight is 255 g/mol. The number of nitrogens with zero attached hydrogens (tertiary/aromatic N) is 2. The maximum atomic E-state index is 5.16. The van der Waals surface area contributed by atoms with Crippen molar-refractivity contribution < 1.29 is 4.74 Å². The normalized spacial score (nSPS) is 27.2. The number of hydrogen-bond acceptors (Lipinski definition) is 4. The minimum atomic E-state index is 0.805. The standard InChI is InChI=1S/C14H29N3O/c1-16(14-3-6-15-7-4-14)11-13-5-8-17(12-13)9-10-18-2/h13-15H,3-12H2,1-2H3. The van der Waals surface area contributed by atoms with Gasteiger partial charge in [0.05, 0.1) is 6.61 Å². The number of methoxy groups -OCH3 is 1. The number of nitrogens with one attached hydrogen (secondary N) is 1. The maximum Gasteiger partial charge on any atom is 0.0589 e. The van der Waals surface area contributed by atoms with E-state index in [4.69, 9.17) is 4.74 Å². The Kier molecular flexibility index (Phi) is 5.89. The summed E-state index contributed by atoms with van der Waals surface area (Å²) in [4.78, 5) is 5.15. The van der Waals surface area contributed by atoms with Crippen LogP contribution in [0.3, 0.4) is 0 Å². The molecule has 0 amide bonds. The molecular weight excluding hydrogens is 226 g/mol. The third-order valence-electron chi connectivity index (χ3n) is 4.46. The van der Waals surface area contributed by atoms with Crippen molar-refractivity contribution in [3.63, 3.8) is 0 Å². The van der Waals surface area contributed by atoms with Crippen molar-refractivity contribution in [3.05, 3.63) is 0 Å². The van der Waals surface area contributed by atoms with Gasteiger partial charge in [0.2, 0.25) is 0 Å². The minimum Gasteiger partial charge on any atom is -0.383 e. The summed E-state index contributed by atoms with van der Waals surface area (Å²) in [7, 11) is 4.10. The van der Waals surface area contributed by atoms with Gasteiger partial charge in [-0.1, -0.05) is 0 Å². The fraction of sp³-hybridized carbons (Fsp3) is 1.00. The first-order chi connectivity index (χ1) is 8.79. The van der Waals surface area contributed by atoms with Gasteiger partial charge >= 0.3 is 0 Å². The summed E-state index contributed by atoms with van der Waals surface area (Å²) in [6.45, 7) is 8.15. The van der Waals surface area contributed by atoms with Crippen molar-refractivity contribution in [2.24, 2.45) is 5.92 Å². The topological polar surface area (TPSA) is 27.7 Å². The fourth-order valence-corrected chi connectivity index (χ4v) is 3.29. The molecule has 1 N–H and O–H groups in total. The lowest BCUT2D eigenvalue weighted by molar-refractivity contribution is 0.150. The molecule has 2 aliphatic rings. The van der Waals surface area contributed by atoms with Gasteiger partial charge in [0.25, 0.3) is 0 Å². The molecule has 1 atom stereocenters. The van der Waals surface area contributed by atoms with Gasteiger partial charge in [-0.2, -0.15) is 0 Å². The molecule has 2 rings (SSSR count). The molecule has 2 fully saturated rings.